The number of rotatable bonds is 2. The van der Waals surface area contributed by atoms with E-state index in [-0.39, 0.29) is 19.7 Å². The Morgan fingerprint density at radius 1 is 1.57 bits per heavy atom. The summed E-state index contributed by atoms with van der Waals surface area (Å²) in [7, 11) is 0. The van der Waals surface area contributed by atoms with E-state index in [0.717, 1.165) is 0 Å². The zero-order chi connectivity index (χ0) is 10.6. The van der Waals surface area contributed by atoms with Crippen LogP contribution in [0.3, 0.4) is 0 Å². The first-order valence-corrected chi connectivity index (χ1v) is 4.02. The maximum Gasteiger partial charge on any atom is 0.410 e. The quantitative estimate of drug-likeness (QED) is 0.600. The van der Waals surface area contributed by atoms with E-state index in [0.29, 0.717) is 0 Å². The number of carbonyl (C=O) groups excluding carboxylic acids is 1. The Kier molecular flexibility index (Phi) is 2.73. The Balaban J connectivity index is 2.42. The summed E-state index contributed by atoms with van der Waals surface area (Å²) in [5.74, 6) is 0. The van der Waals surface area contributed by atoms with Crippen LogP contribution in [0.2, 0.25) is 0 Å². The predicted molar refractivity (Wildman–Crippen MR) is 46.8 cm³/mol. The Hall–Kier alpha value is -2.01. The van der Waals surface area contributed by atoms with E-state index in [4.69, 9.17) is 15.3 Å². The minimum absolute atomic E-state index is 0.121. The van der Waals surface area contributed by atoms with Crippen molar-refractivity contribution < 1.29 is 9.53 Å². The molecule has 0 atom stereocenters. The van der Waals surface area contributed by atoms with Gasteiger partial charge in [0.1, 0.15) is 6.61 Å². The molecule has 0 unspecified atom stereocenters. The standard InChI is InChI=1S/C9H9N3O2/c1-2-3-14-8(13)12-6-9(4-10,5-11)7-12/h2H,1,3,6-7H2. The molecule has 0 aromatic carbocycles. The van der Waals surface area contributed by atoms with Crippen molar-refractivity contribution in [1.82, 2.24) is 4.90 Å². The van der Waals surface area contributed by atoms with Crippen molar-refractivity contribution in [3.05, 3.63) is 12.7 Å². The van der Waals surface area contributed by atoms with Crippen molar-refractivity contribution in [3.8, 4) is 12.1 Å². The van der Waals surface area contributed by atoms with Crippen molar-refractivity contribution in [2.24, 2.45) is 5.41 Å². The Morgan fingerprint density at radius 2 is 2.14 bits per heavy atom. The molecule has 1 aliphatic heterocycles. The van der Waals surface area contributed by atoms with Crippen LogP contribution < -0.4 is 0 Å². The highest BCUT2D eigenvalue weighted by Crippen LogP contribution is 2.28. The van der Waals surface area contributed by atoms with E-state index < -0.39 is 11.5 Å². The summed E-state index contributed by atoms with van der Waals surface area (Å²) < 4.78 is 4.73. The van der Waals surface area contributed by atoms with E-state index in [2.05, 4.69) is 6.58 Å². The monoisotopic (exact) mass is 191 g/mol. The third-order valence-electron chi connectivity index (χ3n) is 1.93. The zero-order valence-corrected chi connectivity index (χ0v) is 7.56. The van der Waals surface area contributed by atoms with E-state index in [1.54, 1.807) is 0 Å². The van der Waals surface area contributed by atoms with Gasteiger partial charge in [0.15, 0.2) is 5.41 Å². The van der Waals surface area contributed by atoms with Crippen molar-refractivity contribution in [2.45, 2.75) is 0 Å². The fourth-order valence-electron chi connectivity index (χ4n) is 1.12. The second kappa shape index (κ2) is 3.80. The summed E-state index contributed by atoms with van der Waals surface area (Å²) in [5.41, 5.74) is -1.03. The van der Waals surface area contributed by atoms with Gasteiger partial charge in [-0.2, -0.15) is 10.5 Å². The molecule has 72 valence electrons. The first kappa shape index (κ1) is 10.1. The van der Waals surface area contributed by atoms with Crippen LogP contribution in [0.25, 0.3) is 0 Å². The molecule has 1 fully saturated rings. The van der Waals surface area contributed by atoms with Crippen LogP contribution in [0.1, 0.15) is 0 Å². The van der Waals surface area contributed by atoms with Gasteiger partial charge in [-0.1, -0.05) is 12.7 Å². The molecule has 5 nitrogen and oxygen atoms in total. The van der Waals surface area contributed by atoms with Crippen LogP contribution in [0.15, 0.2) is 12.7 Å². The molecule has 0 spiro atoms. The fourth-order valence-corrected chi connectivity index (χ4v) is 1.12. The fraction of sp³-hybridized carbons (Fsp3) is 0.444. The lowest BCUT2D eigenvalue weighted by Crippen LogP contribution is -2.57. The smallest absolute Gasteiger partial charge is 0.410 e. The van der Waals surface area contributed by atoms with Crippen LogP contribution >= 0.6 is 0 Å². The second-order valence-corrected chi connectivity index (χ2v) is 3.03. The highest BCUT2D eigenvalue weighted by Gasteiger charge is 2.47. The largest absolute Gasteiger partial charge is 0.445 e. The number of carbonyl (C=O) groups is 1. The van der Waals surface area contributed by atoms with E-state index in [9.17, 15) is 4.79 Å². The van der Waals surface area contributed by atoms with Gasteiger partial charge in [-0.3, -0.25) is 0 Å². The number of nitriles is 2. The molecule has 0 aromatic rings. The van der Waals surface area contributed by atoms with Crippen LogP contribution in [-0.2, 0) is 4.74 Å². The molecular formula is C9H9N3O2. The summed E-state index contributed by atoms with van der Waals surface area (Å²) >= 11 is 0. The zero-order valence-electron chi connectivity index (χ0n) is 7.56. The van der Waals surface area contributed by atoms with Gasteiger partial charge >= 0.3 is 6.09 Å². The predicted octanol–water partition coefficient (Wildman–Crippen LogP) is 0.658. The number of hydrogen-bond acceptors (Lipinski definition) is 4. The maximum atomic E-state index is 11.1. The molecule has 1 amide bonds. The summed E-state index contributed by atoms with van der Waals surface area (Å²) in [6, 6.07) is 3.75. The molecule has 14 heavy (non-hydrogen) atoms. The summed E-state index contributed by atoms with van der Waals surface area (Å²) in [5, 5.41) is 17.3. The normalized spacial score (nSPS) is 17.1. The summed E-state index contributed by atoms with van der Waals surface area (Å²) in [6.45, 7) is 3.78. The minimum atomic E-state index is -1.03. The van der Waals surface area contributed by atoms with Crippen molar-refractivity contribution in [3.63, 3.8) is 0 Å². The lowest BCUT2D eigenvalue weighted by Gasteiger charge is -2.39. The summed E-state index contributed by atoms with van der Waals surface area (Å²) in [4.78, 5) is 12.5. The lowest BCUT2D eigenvalue weighted by atomic mass is 9.83. The first-order chi connectivity index (χ1) is 6.67. The third kappa shape index (κ3) is 1.67. The third-order valence-corrected chi connectivity index (χ3v) is 1.93. The topological polar surface area (TPSA) is 77.1 Å². The lowest BCUT2D eigenvalue weighted by molar-refractivity contribution is 0.0538. The highest BCUT2D eigenvalue weighted by atomic mass is 16.6. The molecule has 5 heteroatoms. The molecule has 0 aliphatic carbocycles. The van der Waals surface area contributed by atoms with Gasteiger partial charge in [0.05, 0.1) is 25.2 Å². The van der Waals surface area contributed by atoms with Crippen molar-refractivity contribution in [2.75, 3.05) is 19.7 Å². The molecular weight excluding hydrogens is 182 g/mol. The van der Waals surface area contributed by atoms with Crippen LogP contribution in [0.5, 0.6) is 0 Å². The van der Waals surface area contributed by atoms with E-state index in [1.165, 1.54) is 11.0 Å². The number of amides is 1. The molecule has 1 heterocycles. The van der Waals surface area contributed by atoms with Gasteiger partial charge in [-0.05, 0) is 0 Å². The van der Waals surface area contributed by atoms with E-state index >= 15 is 0 Å². The average Bonchev–Trinajstić information content (AvgIpc) is 2.14. The maximum absolute atomic E-state index is 11.1. The molecule has 1 aliphatic rings. The van der Waals surface area contributed by atoms with Gasteiger partial charge < -0.3 is 9.64 Å². The van der Waals surface area contributed by atoms with Gasteiger partial charge in [0.2, 0.25) is 0 Å². The number of nitrogens with zero attached hydrogens (tertiary/aromatic N) is 3. The van der Waals surface area contributed by atoms with Crippen molar-refractivity contribution >= 4 is 6.09 Å². The van der Waals surface area contributed by atoms with Crippen LogP contribution in [0.4, 0.5) is 4.79 Å². The van der Waals surface area contributed by atoms with Crippen LogP contribution in [-0.4, -0.2) is 30.7 Å². The average molecular weight is 191 g/mol. The molecule has 0 bridgehead atoms. The summed E-state index contributed by atoms with van der Waals surface area (Å²) in [6.07, 6.45) is 0.950. The van der Waals surface area contributed by atoms with Crippen LogP contribution in [0, 0.1) is 28.1 Å². The van der Waals surface area contributed by atoms with Gasteiger partial charge in [-0.15, -0.1) is 0 Å². The van der Waals surface area contributed by atoms with Gasteiger partial charge in [0, 0.05) is 0 Å². The Labute approximate surface area is 81.8 Å². The molecule has 1 rings (SSSR count). The highest BCUT2D eigenvalue weighted by molar-refractivity contribution is 5.69. The Morgan fingerprint density at radius 3 is 2.57 bits per heavy atom. The number of likely N-dealkylation sites (tertiary alicyclic amines) is 1. The Bertz CT molecular complexity index is 315. The van der Waals surface area contributed by atoms with Gasteiger partial charge in [-0.25, -0.2) is 4.79 Å². The number of ether oxygens (including phenoxy) is 1. The van der Waals surface area contributed by atoms with Gasteiger partial charge in [0.25, 0.3) is 0 Å². The molecule has 1 saturated heterocycles. The molecule has 0 saturated carbocycles. The number of hydrogen-bond donors (Lipinski definition) is 0. The first-order valence-electron chi connectivity index (χ1n) is 4.02. The van der Waals surface area contributed by atoms with Crippen molar-refractivity contribution in [1.29, 1.82) is 10.5 Å². The molecule has 0 N–H and O–H groups in total. The molecule has 0 aromatic heterocycles. The molecule has 0 radical (unpaired) electrons. The van der Waals surface area contributed by atoms with E-state index in [1.807, 2.05) is 12.1 Å². The minimum Gasteiger partial charge on any atom is -0.445 e. The second-order valence-electron chi connectivity index (χ2n) is 3.03. The SMILES string of the molecule is C=CCOC(=O)N1CC(C#N)(C#N)C1.